The van der Waals surface area contributed by atoms with E-state index in [1.165, 1.54) is 30.1 Å². The van der Waals surface area contributed by atoms with Gasteiger partial charge in [0.05, 0.1) is 4.92 Å². The highest BCUT2D eigenvalue weighted by Gasteiger charge is 2.30. The second kappa shape index (κ2) is 5.94. The highest BCUT2D eigenvalue weighted by molar-refractivity contribution is 5.66. The van der Waals surface area contributed by atoms with Crippen LogP contribution in [0, 0.1) is 15.9 Å². The summed E-state index contributed by atoms with van der Waals surface area (Å²) in [5.74, 6) is -0.630. The molecule has 1 aliphatic heterocycles. The van der Waals surface area contributed by atoms with Crippen LogP contribution in [-0.4, -0.2) is 47.2 Å². The third-order valence-electron chi connectivity index (χ3n) is 3.79. The summed E-state index contributed by atoms with van der Waals surface area (Å²) in [4.78, 5) is 24.2. The maximum atomic E-state index is 13.9. The summed E-state index contributed by atoms with van der Waals surface area (Å²) in [5.41, 5.74) is -0.279. The number of anilines is 1. The summed E-state index contributed by atoms with van der Waals surface area (Å²) in [6, 6.07) is 3.62. The average Bonchev–Trinajstić information content (AvgIpc) is 2.46. The second-order valence-electron chi connectivity index (χ2n) is 4.98. The number of piperidine rings is 1. The van der Waals surface area contributed by atoms with E-state index < -0.39 is 16.8 Å². The summed E-state index contributed by atoms with van der Waals surface area (Å²) < 4.78 is 13.9. The number of nitro groups is 1. The van der Waals surface area contributed by atoms with E-state index in [4.69, 9.17) is 5.11 Å². The number of benzene rings is 1. The average molecular weight is 297 g/mol. The Kier molecular flexibility index (Phi) is 4.25. The summed E-state index contributed by atoms with van der Waals surface area (Å²) in [6.07, 6.45) is 0.00748. The van der Waals surface area contributed by atoms with E-state index in [0.717, 1.165) is 0 Å². The fourth-order valence-electron chi connectivity index (χ4n) is 2.60. The van der Waals surface area contributed by atoms with Crippen LogP contribution in [0.15, 0.2) is 18.2 Å². The summed E-state index contributed by atoms with van der Waals surface area (Å²) >= 11 is 0. The van der Waals surface area contributed by atoms with Gasteiger partial charge >= 0.3 is 6.09 Å². The van der Waals surface area contributed by atoms with Crippen molar-refractivity contribution in [3.63, 3.8) is 0 Å². The number of rotatable bonds is 3. The predicted molar refractivity (Wildman–Crippen MR) is 74.1 cm³/mol. The van der Waals surface area contributed by atoms with Gasteiger partial charge in [-0.1, -0.05) is 6.07 Å². The third-order valence-corrected chi connectivity index (χ3v) is 3.79. The largest absolute Gasteiger partial charge is 0.465 e. The van der Waals surface area contributed by atoms with Gasteiger partial charge in [-0.3, -0.25) is 10.1 Å². The molecule has 1 heterocycles. The maximum absolute atomic E-state index is 13.9. The van der Waals surface area contributed by atoms with Gasteiger partial charge in [-0.15, -0.1) is 0 Å². The maximum Gasteiger partial charge on any atom is 0.407 e. The quantitative estimate of drug-likeness (QED) is 0.683. The van der Waals surface area contributed by atoms with E-state index >= 15 is 0 Å². The molecule has 7 nitrogen and oxygen atoms in total. The Hall–Kier alpha value is -2.38. The Balaban J connectivity index is 2.16. The Morgan fingerprint density at radius 1 is 1.48 bits per heavy atom. The van der Waals surface area contributed by atoms with E-state index in [2.05, 4.69) is 0 Å². The van der Waals surface area contributed by atoms with Crippen LogP contribution in [0.25, 0.3) is 0 Å². The van der Waals surface area contributed by atoms with Gasteiger partial charge in [-0.05, 0) is 18.9 Å². The number of halogens is 1. The van der Waals surface area contributed by atoms with E-state index in [1.807, 2.05) is 0 Å². The number of hydrogen-bond donors (Lipinski definition) is 1. The van der Waals surface area contributed by atoms with Crippen molar-refractivity contribution < 1.29 is 19.2 Å². The van der Waals surface area contributed by atoms with Gasteiger partial charge in [0.15, 0.2) is 11.5 Å². The highest BCUT2D eigenvalue weighted by Crippen LogP contribution is 2.33. The first-order chi connectivity index (χ1) is 9.91. The van der Waals surface area contributed by atoms with Gasteiger partial charge < -0.3 is 14.9 Å². The van der Waals surface area contributed by atoms with Crippen molar-refractivity contribution in [1.29, 1.82) is 0 Å². The molecule has 114 valence electrons. The molecule has 0 unspecified atom stereocenters. The minimum atomic E-state index is -1.01. The molecule has 0 radical (unpaired) electrons. The van der Waals surface area contributed by atoms with Crippen molar-refractivity contribution in [3.8, 4) is 0 Å². The highest BCUT2D eigenvalue weighted by atomic mass is 19.1. The number of hydrogen-bond acceptors (Lipinski definition) is 4. The molecule has 0 bridgehead atoms. The SMILES string of the molecule is CN(C(=O)O)C1CCN(c2c(F)cccc2[N+](=O)[O-])CC1. The zero-order valence-electron chi connectivity index (χ0n) is 11.5. The molecule has 21 heavy (non-hydrogen) atoms. The van der Waals surface area contributed by atoms with E-state index in [-0.39, 0.29) is 17.4 Å². The molecule has 1 aromatic rings. The minimum absolute atomic E-state index is 0.0149. The molecule has 1 amide bonds. The summed E-state index contributed by atoms with van der Waals surface area (Å²) in [5, 5.41) is 19.9. The second-order valence-corrected chi connectivity index (χ2v) is 4.98. The van der Waals surface area contributed by atoms with Gasteiger partial charge in [-0.2, -0.15) is 0 Å². The topological polar surface area (TPSA) is 86.9 Å². The molecule has 1 aromatic carbocycles. The van der Waals surface area contributed by atoms with Crippen molar-refractivity contribution in [2.75, 3.05) is 25.0 Å². The van der Waals surface area contributed by atoms with E-state index in [1.54, 1.807) is 4.90 Å². The molecule has 0 atom stereocenters. The molecular formula is C13H16FN3O4. The number of para-hydroxylation sites is 1. The van der Waals surface area contributed by atoms with Crippen LogP contribution in [0.2, 0.25) is 0 Å². The lowest BCUT2D eigenvalue weighted by atomic mass is 10.0. The van der Waals surface area contributed by atoms with Crippen molar-refractivity contribution in [2.24, 2.45) is 0 Å². The minimum Gasteiger partial charge on any atom is -0.465 e. The lowest BCUT2D eigenvalue weighted by molar-refractivity contribution is -0.384. The Morgan fingerprint density at radius 2 is 2.10 bits per heavy atom. The molecular weight excluding hydrogens is 281 g/mol. The first-order valence-electron chi connectivity index (χ1n) is 6.55. The monoisotopic (exact) mass is 297 g/mol. The van der Waals surface area contributed by atoms with Gasteiger partial charge in [-0.25, -0.2) is 9.18 Å². The molecule has 1 saturated heterocycles. The van der Waals surface area contributed by atoms with Crippen LogP contribution >= 0.6 is 0 Å². The Morgan fingerprint density at radius 3 is 2.62 bits per heavy atom. The Bertz CT molecular complexity index is 558. The normalized spacial score (nSPS) is 15.8. The lowest BCUT2D eigenvalue weighted by Gasteiger charge is -2.36. The van der Waals surface area contributed by atoms with E-state index in [0.29, 0.717) is 25.9 Å². The number of carboxylic acid groups (broad SMARTS) is 1. The fourth-order valence-corrected chi connectivity index (χ4v) is 2.60. The molecule has 2 rings (SSSR count). The van der Waals surface area contributed by atoms with Crippen molar-refractivity contribution in [1.82, 2.24) is 4.90 Å². The van der Waals surface area contributed by atoms with Crippen molar-refractivity contribution >= 4 is 17.5 Å². The molecule has 8 heteroatoms. The van der Waals surface area contributed by atoms with Crippen LogP contribution in [-0.2, 0) is 0 Å². The van der Waals surface area contributed by atoms with Gasteiger partial charge in [0.25, 0.3) is 5.69 Å². The number of nitro benzene ring substituents is 1. The molecule has 1 aliphatic rings. The van der Waals surface area contributed by atoms with Crippen LogP contribution < -0.4 is 4.90 Å². The number of nitrogens with zero attached hydrogens (tertiary/aromatic N) is 3. The van der Waals surface area contributed by atoms with Crippen LogP contribution in [0.3, 0.4) is 0 Å². The fraction of sp³-hybridized carbons (Fsp3) is 0.462. The molecule has 0 aliphatic carbocycles. The molecule has 1 N–H and O–H groups in total. The van der Waals surface area contributed by atoms with Crippen LogP contribution in [0.4, 0.5) is 20.6 Å². The van der Waals surface area contributed by atoms with Crippen molar-refractivity contribution in [2.45, 2.75) is 18.9 Å². The number of carbonyl (C=O) groups is 1. The third kappa shape index (κ3) is 3.04. The van der Waals surface area contributed by atoms with Crippen molar-refractivity contribution in [3.05, 3.63) is 34.1 Å². The van der Waals surface area contributed by atoms with Crippen LogP contribution in [0.5, 0.6) is 0 Å². The zero-order valence-corrected chi connectivity index (χ0v) is 11.5. The number of amides is 1. The predicted octanol–water partition coefficient (Wildman–Crippen LogP) is 2.31. The van der Waals surface area contributed by atoms with Gasteiger partial charge in [0.1, 0.15) is 0 Å². The van der Waals surface area contributed by atoms with Crippen LogP contribution in [0.1, 0.15) is 12.8 Å². The molecule has 0 aromatic heterocycles. The first kappa shape index (κ1) is 15.0. The smallest absolute Gasteiger partial charge is 0.407 e. The first-order valence-corrected chi connectivity index (χ1v) is 6.55. The molecule has 1 fully saturated rings. The standard InChI is InChI=1S/C13H16FN3O4/c1-15(13(18)19)9-5-7-16(8-6-9)12-10(14)3-2-4-11(12)17(20)21/h2-4,9H,5-8H2,1H3,(H,18,19). The van der Waals surface area contributed by atoms with Gasteiger partial charge in [0.2, 0.25) is 0 Å². The molecule has 0 spiro atoms. The zero-order chi connectivity index (χ0) is 15.6. The summed E-state index contributed by atoms with van der Waals surface area (Å²) in [6.45, 7) is 0.758. The van der Waals surface area contributed by atoms with E-state index in [9.17, 15) is 19.3 Å². The Labute approximate surface area is 120 Å². The molecule has 0 saturated carbocycles. The lowest BCUT2D eigenvalue weighted by Crippen LogP contribution is -2.45. The van der Waals surface area contributed by atoms with Gasteiger partial charge in [0, 0.05) is 32.2 Å². The summed E-state index contributed by atoms with van der Waals surface area (Å²) in [7, 11) is 1.49.